The largest absolute Gasteiger partial charge is 0.465 e. The maximum absolute atomic E-state index is 12.7. The van der Waals surface area contributed by atoms with Crippen molar-refractivity contribution >= 4 is 62.5 Å². The normalized spacial score (nSPS) is 10.5. The van der Waals surface area contributed by atoms with E-state index in [0.29, 0.717) is 32.4 Å². The van der Waals surface area contributed by atoms with E-state index in [1.54, 1.807) is 48.7 Å². The quantitative estimate of drug-likeness (QED) is 0.367. The summed E-state index contributed by atoms with van der Waals surface area (Å²) < 4.78 is 6.74. The maximum Gasteiger partial charge on any atom is 0.339 e. The molecule has 0 aliphatic carbocycles. The average Bonchev–Trinajstić information content (AvgIpc) is 2.69. The minimum atomic E-state index is -0.463. The number of methoxy groups -OCH3 is 1. The van der Waals surface area contributed by atoms with Gasteiger partial charge in [-0.25, -0.2) is 9.78 Å². The zero-order chi connectivity index (χ0) is 19.0. The van der Waals surface area contributed by atoms with Crippen LogP contribution in [0.4, 0.5) is 11.5 Å². The number of carbonyl (C=O) groups excluding carboxylic acids is 1. The summed E-state index contributed by atoms with van der Waals surface area (Å²) in [6.07, 6.45) is 1.60. The fourth-order valence-corrected chi connectivity index (χ4v) is 3.15. The molecule has 0 amide bonds. The van der Waals surface area contributed by atoms with Gasteiger partial charge in [-0.2, -0.15) is 4.98 Å². The summed E-state index contributed by atoms with van der Waals surface area (Å²) in [5.74, 6) is 0.212. The van der Waals surface area contributed by atoms with E-state index >= 15 is 0 Å². The van der Waals surface area contributed by atoms with Crippen LogP contribution in [0.3, 0.4) is 0 Å². The number of carbonyl (C=O) groups is 1. The highest BCUT2D eigenvalue weighted by Gasteiger charge is 2.14. The predicted octanol–water partition coefficient (Wildman–Crippen LogP) is 3.96. The molecule has 142 valence electrons. The number of hydrogen-bond acceptors (Lipinski definition) is 6. The number of ether oxygens (including phenoxy) is 1. The second-order valence-corrected chi connectivity index (χ2v) is 6.56. The summed E-state index contributed by atoms with van der Waals surface area (Å²) in [6, 6.07) is 14.0. The molecule has 0 fully saturated rings. The van der Waals surface area contributed by atoms with E-state index in [0.717, 1.165) is 0 Å². The molecule has 0 saturated carbocycles. The van der Waals surface area contributed by atoms with Crippen LogP contribution >= 0.6 is 28.3 Å². The topological polar surface area (TPSA) is 85.6 Å². The molecule has 0 aliphatic rings. The first-order valence-electron chi connectivity index (χ1n) is 8.00. The van der Waals surface area contributed by atoms with Crippen LogP contribution in [0, 0.1) is 0 Å². The molecule has 2 heterocycles. The van der Waals surface area contributed by atoms with Crippen molar-refractivity contribution in [2.75, 3.05) is 12.4 Å². The highest BCUT2D eigenvalue weighted by molar-refractivity contribution is 9.10. The lowest BCUT2D eigenvalue weighted by Gasteiger charge is -2.12. The number of esters is 1. The molecule has 0 radical (unpaired) electrons. The summed E-state index contributed by atoms with van der Waals surface area (Å²) in [5.41, 5.74) is 1.27. The molecule has 0 unspecified atom stereocenters. The number of halogens is 2. The molecule has 2 aromatic heterocycles. The third-order valence-corrected chi connectivity index (χ3v) is 4.64. The highest BCUT2D eigenvalue weighted by Crippen LogP contribution is 2.26. The lowest BCUT2D eigenvalue weighted by molar-refractivity contribution is 0.0602. The fraction of sp³-hybridized carbons (Fsp3) is 0.0526. The number of fused-ring (bicyclic) bond motifs is 2. The second kappa shape index (κ2) is 7.95. The summed E-state index contributed by atoms with van der Waals surface area (Å²) in [4.78, 5) is 33.5. The van der Waals surface area contributed by atoms with E-state index < -0.39 is 5.97 Å². The van der Waals surface area contributed by atoms with Crippen LogP contribution in [-0.2, 0) is 4.74 Å². The molecule has 0 atom stereocenters. The van der Waals surface area contributed by atoms with Gasteiger partial charge in [-0.1, -0.05) is 24.3 Å². The van der Waals surface area contributed by atoms with Gasteiger partial charge in [0.2, 0.25) is 5.78 Å². The van der Waals surface area contributed by atoms with E-state index in [9.17, 15) is 9.59 Å². The maximum atomic E-state index is 12.7. The van der Waals surface area contributed by atoms with Gasteiger partial charge in [0.1, 0.15) is 5.82 Å². The van der Waals surface area contributed by atoms with Crippen LogP contribution < -0.4 is 10.9 Å². The molecule has 1 N–H and O–H groups in total. The van der Waals surface area contributed by atoms with E-state index in [1.807, 2.05) is 6.07 Å². The zero-order valence-corrected chi connectivity index (χ0v) is 17.0. The van der Waals surface area contributed by atoms with Crippen LogP contribution in [0.15, 0.2) is 64.0 Å². The molecular formula is C19H14BrClN4O3. The van der Waals surface area contributed by atoms with Crippen molar-refractivity contribution in [2.45, 2.75) is 0 Å². The second-order valence-electron chi connectivity index (χ2n) is 5.70. The molecule has 2 aromatic carbocycles. The number of aromatic nitrogens is 3. The lowest BCUT2D eigenvalue weighted by Crippen LogP contribution is -2.17. The molecule has 9 heteroatoms. The van der Waals surface area contributed by atoms with E-state index in [-0.39, 0.29) is 23.7 Å². The van der Waals surface area contributed by atoms with E-state index in [2.05, 4.69) is 31.2 Å². The average molecular weight is 462 g/mol. The van der Waals surface area contributed by atoms with Crippen LogP contribution in [0.1, 0.15) is 10.4 Å². The molecule has 0 aliphatic heterocycles. The minimum absolute atomic E-state index is 0. The predicted molar refractivity (Wildman–Crippen MR) is 113 cm³/mol. The van der Waals surface area contributed by atoms with Crippen molar-refractivity contribution in [2.24, 2.45) is 0 Å². The van der Waals surface area contributed by atoms with Gasteiger partial charge in [0.15, 0.2) is 0 Å². The summed E-state index contributed by atoms with van der Waals surface area (Å²) in [6.45, 7) is 0. The standard InChI is InChI=1S/C19H13BrN4O3.ClH/c1-27-18(26)12-7-3-5-9-15(12)21-16-13(20)10-24-17(25)11-6-2-4-8-14(11)22-19(24)23-16;/h2-10H,1H3,(H,21,22,23);1H. The molecule has 7 nitrogen and oxygen atoms in total. The number of nitrogens with one attached hydrogen (secondary N) is 1. The summed E-state index contributed by atoms with van der Waals surface area (Å²) in [7, 11) is 1.32. The number of anilines is 2. The smallest absolute Gasteiger partial charge is 0.339 e. The molecule has 0 bridgehead atoms. The number of rotatable bonds is 3. The lowest BCUT2D eigenvalue weighted by atomic mass is 10.2. The van der Waals surface area contributed by atoms with Gasteiger partial charge in [-0.15, -0.1) is 12.4 Å². The first-order valence-corrected chi connectivity index (χ1v) is 8.80. The van der Waals surface area contributed by atoms with Crippen molar-refractivity contribution in [1.82, 2.24) is 14.4 Å². The van der Waals surface area contributed by atoms with Crippen molar-refractivity contribution in [3.05, 3.63) is 75.1 Å². The van der Waals surface area contributed by atoms with Crippen molar-refractivity contribution in [3.8, 4) is 0 Å². The Morgan fingerprint density at radius 1 is 1.11 bits per heavy atom. The minimum Gasteiger partial charge on any atom is -0.465 e. The zero-order valence-electron chi connectivity index (χ0n) is 14.5. The Morgan fingerprint density at radius 3 is 2.61 bits per heavy atom. The van der Waals surface area contributed by atoms with Gasteiger partial charge in [-0.05, 0) is 40.2 Å². The van der Waals surface area contributed by atoms with Crippen LogP contribution in [0.5, 0.6) is 0 Å². The van der Waals surface area contributed by atoms with E-state index in [4.69, 9.17) is 4.74 Å². The number of nitrogens with zero attached hydrogens (tertiary/aromatic N) is 3. The number of para-hydroxylation sites is 2. The Kier molecular flexibility index (Phi) is 5.62. The Labute approximate surface area is 173 Å². The van der Waals surface area contributed by atoms with Crippen LogP contribution in [0.2, 0.25) is 0 Å². The van der Waals surface area contributed by atoms with Gasteiger partial charge in [0, 0.05) is 6.20 Å². The first kappa shape index (κ1) is 19.8. The van der Waals surface area contributed by atoms with Crippen LogP contribution in [-0.4, -0.2) is 27.4 Å². The summed E-state index contributed by atoms with van der Waals surface area (Å²) in [5, 5.41) is 3.62. The first-order chi connectivity index (χ1) is 13.1. The molecule has 0 spiro atoms. The van der Waals surface area contributed by atoms with Gasteiger partial charge in [0.05, 0.1) is 33.7 Å². The van der Waals surface area contributed by atoms with Crippen LogP contribution in [0.25, 0.3) is 16.7 Å². The van der Waals surface area contributed by atoms with Gasteiger partial charge < -0.3 is 10.1 Å². The molecule has 4 aromatic rings. The Hall–Kier alpha value is -2.97. The van der Waals surface area contributed by atoms with Crippen molar-refractivity contribution in [1.29, 1.82) is 0 Å². The van der Waals surface area contributed by atoms with Gasteiger partial charge >= 0.3 is 5.97 Å². The Bertz CT molecular complexity index is 1260. The van der Waals surface area contributed by atoms with Crippen molar-refractivity contribution < 1.29 is 9.53 Å². The third-order valence-electron chi connectivity index (χ3n) is 4.06. The SMILES string of the molecule is COC(=O)c1ccccc1Nc1nc2nc3ccccc3c(=O)n2cc1Br.Cl. The molecule has 0 saturated heterocycles. The highest BCUT2D eigenvalue weighted by atomic mass is 79.9. The Balaban J connectivity index is 0.00000225. The fourth-order valence-electron chi connectivity index (χ4n) is 2.75. The number of hydrogen-bond donors (Lipinski definition) is 1. The van der Waals surface area contributed by atoms with Gasteiger partial charge in [-0.3, -0.25) is 9.20 Å². The third kappa shape index (κ3) is 3.44. The molecule has 4 rings (SSSR count). The monoisotopic (exact) mass is 460 g/mol. The molecule has 28 heavy (non-hydrogen) atoms. The number of benzene rings is 2. The Morgan fingerprint density at radius 2 is 1.82 bits per heavy atom. The summed E-state index contributed by atoms with van der Waals surface area (Å²) >= 11 is 3.42. The molecular weight excluding hydrogens is 448 g/mol. The van der Waals surface area contributed by atoms with Gasteiger partial charge in [0.25, 0.3) is 5.56 Å². The van der Waals surface area contributed by atoms with Crippen molar-refractivity contribution in [3.63, 3.8) is 0 Å². The van der Waals surface area contributed by atoms with E-state index in [1.165, 1.54) is 11.5 Å².